The van der Waals surface area contributed by atoms with Crippen molar-refractivity contribution in [3.8, 4) is 46.0 Å². The van der Waals surface area contributed by atoms with Crippen LogP contribution in [0.2, 0.25) is 0 Å². The molecule has 0 radical (unpaired) electrons. The van der Waals surface area contributed by atoms with E-state index in [1.165, 1.54) is 24.3 Å². The first kappa shape index (κ1) is 84.3. The lowest BCUT2D eigenvalue weighted by molar-refractivity contribution is 0.404. The fourth-order valence-electron chi connectivity index (χ4n) is 5.76. The van der Waals surface area contributed by atoms with Gasteiger partial charge in [0.1, 0.15) is 23.0 Å². The van der Waals surface area contributed by atoms with Gasteiger partial charge in [-0.25, -0.2) is 0 Å². The Hall–Kier alpha value is -9.76. The second-order valence-corrected chi connectivity index (χ2v) is 22.3. The van der Waals surface area contributed by atoms with E-state index >= 15 is 0 Å². The molecule has 12 aromatic carbocycles. The predicted octanol–water partition coefficient (Wildman–Crippen LogP) is 16.9. The van der Waals surface area contributed by atoms with E-state index in [-0.39, 0.29) is 46.0 Å². The van der Waals surface area contributed by atoms with Crippen LogP contribution in [0.4, 0.5) is 45.5 Å². The van der Waals surface area contributed by atoms with Gasteiger partial charge in [0.2, 0.25) is 0 Å². The number of phenols is 8. The smallest absolute Gasteiger partial charge is 0.157 e. The van der Waals surface area contributed by atoms with E-state index in [4.69, 9.17) is 86.7 Å². The highest BCUT2D eigenvalue weighted by atomic mass is 32.1. The summed E-state index contributed by atoms with van der Waals surface area (Å²) in [5.41, 5.74) is 47.9. The van der Waals surface area contributed by atoms with Crippen LogP contribution >= 0.6 is 101 Å². The largest absolute Gasteiger partial charge is 0.507 e. The molecule has 24 heteroatoms. The molecule has 0 saturated heterocycles. The molecule has 0 fully saturated rings. The minimum absolute atomic E-state index is 0.0764. The van der Waals surface area contributed by atoms with Gasteiger partial charge >= 0.3 is 0 Å². The first-order chi connectivity index (χ1) is 45.7. The molecule has 0 spiro atoms. The zero-order valence-electron chi connectivity index (χ0n) is 51.5. The lowest BCUT2D eigenvalue weighted by Gasteiger charge is -1.94. The normalized spacial score (nSPS) is 9.08. The number of nitrogens with two attached hydrogens (primary N) is 8. The quantitative estimate of drug-likeness (QED) is 0.0381. The molecule has 0 saturated carbocycles. The summed E-state index contributed by atoms with van der Waals surface area (Å²) in [6.45, 7) is 0. The predicted molar refractivity (Wildman–Crippen MR) is 424 cm³/mol. The molecule has 96 heavy (non-hydrogen) atoms. The van der Waals surface area contributed by atoms with Gasteiger partial charge in [-0.2, -0.15) is 0 Å². The van der Waals surface area contributed by atoms with Gasteiger partial charge in [0.05, 0.1) is 34.1 Å². The topological polar surface area (TPSA) is 370 Å². The summed E-state index contributed by atoms with van der Waals surface area (Å²) in [7, 11) is 0. The summed E-state index contributed by atoms with van der Waals surface area (Å²) in [6.07, 6.45) is 0. The molecule has 0 aromatic heterocycles. The number of aromatic hydroxyl groups is 8. The first-order valence-electron chi connectivity index (χ1n) is 27.8. The maximum atomic E-state index is 8.84. The highest BCUT2D eigenvalue weighted by Gasteiger charge is 1.95. The molecule has 0 aliphatic carbocycles. The van der Waals surface area contributed by atoms with Crippen LogP contribution in [0.15, 0.2) is 330 Å². The van der Waals surface area contributed by atoms with Gasteiger partial charge in [-0.15, -0.1) is 101 Å². The van der Waals surface area contributed by atoms with E-state index in [9.17, 15) is 0 Å². The molecule has 0 bridgehead atoms. The third-order valence-corrected chi connectivity index (χ3v) is 14.5. The van der Waals surface area contributed by atoms with Gasteiger partial charge in [0.25, 0.3) is 0 Å². The average molecular weight is 1440 g/mol. The lowest BCUT2D eigenvalue weighted by atomic mass is 10.3. The number of nitrogen functional groups attached to an aromatic ring is 8. The Kier molecular flexibility index (Phi) is 43.7. The summed E-state index contributed by atoms with van der Waals surface area (Å²) < 4.78 is 0. The average Bonchev–Trinajstić information content (AvgIpc) is 3.67. The van der Waals surface area contributed by atoms with Crippen molar-refractivity contribution in [3.05, 3.63) is 291 Å². The third-order valence-electron chi connectivity index (χ3n) is 11.0. The zero-order valence-corrected chi connectivity index (χ0v) is 58.6. The summed E-state index contributed by atoms with van der Waals surface area (Å²) in [5.74, 6) is 0.451. The molecule has 0 unspecified atom stereocenters. The number of hydrogen-bond donors (Lipinski definition) is 24. The summed E-state index contributed by atoms with van der Waals surface area (Å²) in [5, 5.41) is 70.0. The monoisotopic (exact) mass is 1440 g/mol. The number of anilines is 8. The van der Waals surface area contributed by atoms with Crippen molar-refractivity contribution in [2.24, 2.45) is 0 Å². The minimum atomic E-state index is -0.0764. The standard InChI is InChI=1S/2C6H8N2.2C6H7NO.2C6H7NS.2C6H6O2.2C6H6OS.2C6H6S2/c12*7-5-3-1-2-4-6(5)8/h2*1-4H,7-8H2;4*1-4,8H,7H2;6*1-4,7-8H. The lowest BCUT2D eigenvalue weighted by Crippen LogP contribution is -1.91. The van der Waals surface area contributed by atoms with Crippen molar-refractivity contribution in [2.45, 2.75) is 39.2 Å². The molecule has 0 aliphatic rings. The SMILES string of the molecule is Nc1ccccc1N.Nc1ccccc1N.Nc1ccccc1O.Nc1ccccc1O.Nc1ccccc1S.Nc1ccccc1S.Oc1ccccc1O.Oc1ccccc1O.Oc1ccccc1S.Oc1ccccc1S.Sc1ccccc1S.Sc1ccccc1S. The molecule has 12 rings (SSSR count). The van der Waals surface area contributed by atoms with Gasteiger partial charge in [0, 0.05) is 50.5 Å². The van der Waals surface area contributed by atoms with Crippen LogP contribution in [-0.4, -0.2) is 40.9 Å². The fraction of sp³-hybridized carbons (Fsp3) is 0. The molecular formula is C72H80N8O8S8. The van der Waals surface area contributed by atoms with Gasteiger partial charge in [-0.05, 0) is 146 Å². The number of rotatable bonds is 0. The number of thiol groups is 8. The first-order valence-corrected chi connectivity index (χ1v) is 31.4. The Morgan fingerprint density at radius 3 is 0.365 bits per heavy atom. The third kappa shape index (κ3) is 39.1. The molecule has 24 N–H and O–H groups in total. The van der Waals surface area contributed by atoms with Crippen LogP contribution in [0.25, 0.3) is 0 Å². The highest BCUT2D eigenvalue weighted by Crippen LogP contribution is 2.24. The van der Waals surface area contributed by atoms with Gasteiger partial charge in [0.15, 0.2) is 23.0 Å². The molecule has 12 aromatic rings. The molecule has 0 amide bonds. The minimum Gasteiger partial charge on any atom is -0.507 e. The molecule has 0 aliphatic heterocycles. The van der Waals surface area contributed by atoms with Crippen molar-refractivity contribution < 1.29 is 40.9 Å². The van der Waals surface area contributed by atoms with E-state index < -0.39 is 0 Å². The van der Waals surface area contributed by atoms with Crippen molar-refractivity contribution in [2.75, 3.05) is 45.9 Å². The van der Waals surface area contributed by atoms with Gasteiger partial charge in [-0.3, -0.25) is 0 Å². The molecule has 0 heterocycles. The van der Waals surface area contributed by atoms with Crippen molar-refractivity contribution >= 4 is 147 Å². The van der Waals surface area contributed by atoms with E-state index in [1.807, 2.05) is 133 Å². The number of phenolic OH excluding ortho intramolecular Hbond substituents is 8. The van der Waals surface area contributed by atoms with Crippen LogP contribution in [0.5, 0.6) is 46.0 Å². The molecule has 0 atom stereocenters. The van der Waals surface area contributed by atoms with Crippen LogP contribution < -0.4 is 45.9 Å². The van der Waals surface area contributed by atoms with Crippen LogP contribution in [0, 0.1) is 0 Å². The Balaban J connectivity index is 0.000000524. The summed E-state index contributed by atoms with van der Waals surface area (Å²) in [6, 6.07) is 84.3. The molecule has 504 valence electrons. The highest BCUT2D eigenvalue weighted by molar-refractivity contribution is 7.84. The van der Waals surface area contributed by atoms with E-state index in [2.05, 4.69) is 101 Å². The number of hydrogen-bond acceptors (Lipinski definition) is 24. The van der Waals surface area contributed by atoms with E-state index in [0.29, 0.717) is 43.9 Å². The maximum absolute atomic E-state index is 8.84. The molecular weight excluding hydrogens is 1360 g/mol. The Morgan fingerprint density at radius 2 is 0.271 bits per heavy atom. The van der Waals surface area contributed by atoms with Crippen LogP contribution in [0.1, 0.15) is 0 Å². The summed E-state index contributed by atoms with van der Waals surface area (Å²) in [4.78, 5) is 6.62. The number of para-hydroxylation sites is 16. The van der Waals surface area contributed by atoms with Gasteiger partial charge in [-0.1, -0.05) is 146 Å². The number of benzene rings is 12. The second-order valence-electron chi connectivity index (χ2n) is 18.4. The Morgan fingerprint density at radius 1 is 0.135 bits per heavy atom. The van der Waals surface area contributed by atoms with Crippen LogP contribution in [-0.2, 0) is 0 Å². The van der Waals surface area contributed by atoms with Gasteiger partial charge < -0.3 is 86.7 Å². The maximum Gasteiger partial charge on any atom is 0.157 e. The van der Waals surface area contributed by atoms with Crippen molar-refractivity contribution in [3.63, 3.8) is 0 Å². The van der Waals surface area contributed by atoms with Crippen LogP contribution in [0.3, 0.4) is 0 Å². The Labute approximate surface area is 604 Å². The van der Waals surface area contributed by atoms with E-state index in [1.54, 1.807) is 133 Å². The second kappa shape index (κ2) is 49.8. The van der Waals surface area contributed by atoms with E-state index in [0.717, 1.165) is 40.7 Å². The zero-order chi connectivity index (χ0) is 71.8. The Bertz CT molecular complexity index is 2930. The van der Waals surface area contributed by atoms with Crippen molar-refractivity contribution in [1.29, 1.82) is 0 Å². The van der Waals surface area contributed by atoms with Crippen molar-refractivity contribution in [1.82, 2.24) is 0 Å². The molecule has 16 nitrogen and oxygen atoms in total. The summed E-state index contributed by atoms with van der Waals surface area (Å²) >= 11 is 32.5. The fourth-order valence-corrected chi connectivity index (χ4v) is 7.04.